The summed E-state index contributed by atoms with van der Waals surface area (Å²) in [6.07, 6.45) is 0. The highest BCUT2D eigenvalue weighted by Crippen LogP contribution is 2.46. The molecule has 0 fully saturated rings. The van der Waals surface area contributed by atoms with Gasteiger partial charge in [0.25, 0.3) is 0 Å². The topological polar surface area (TPSA) is 9.86 Å². The number of rotatable bonds is 2. The molecule has 4 aromatic heterocycles. The molecule has 0 unspecified atom stereocenters. The Bertz CT molecular complexity index is 2510. The van der Waals surface area contributed by atoms with Crippen LogP contribution in [0.5, 0.6) is 0 Å². The second kappa shape index (κ2) is 8.32. The molecular weight excluding hydrogens is 549 g/mol. The minimum absolute atomic E-state index is 1.23. The summed E-state index contributed by atoms with van der Waals surface area (Å²) in [6, 6.07) is 48.9. The molecular formula is C38H22N2S2. The summed E-state index contributed by atoms with van der Waals surface area (Å²) in [7, 11) is 0. The van der Waals surface area contributed by atoms with E-state index in [1.54, 1.807) is 0 Å². The lowest BCUT2D eigenvalue weighted by atomic mass is 10.1. The molecule has 0 N–H and O–H groups in total. The molecule has 4 heterocycles. The third-order valence-electron chi connectivity index (χ3n) is 8.72. The van der Waals surface area contributed by atoms with Crippen molar-refractivity contribution >= 4 is 95.9 Å². The van der Waals surface area contributed by atoms with E-state index >= 15 is 0 Å². The lowest BCUT2D eigenvalue weighted by molar-refractivity contribution is 1.20. The van der Waals surface area contributed by atoms with Gasteiger partial charge in [-0.2, -0.15) is 0 Å². The van der Waals surface area contributed by atoms with Gasteiger partial charge in [-0.15, -0.1) is 22.7 Å². The van der Waals surface area contributed by atoms with E-state index in [0.29, 0.717) is 0 Å². The lowest BCUT2D eigenvalue weighted by Crippen LogP contribution is -1.94. The quantitative estimate of drug-likeness (QED) is 0.196. The van der Waals surface area contributed by atoms with Gasteiger partial charge in [0, 0.05) is 41.7 Å². The fraction of sp³-hybridized carbons (Fsp3) is 0. The van der Waals surface area contributed by atoms with Crippen LogP contribution in [0.1, 0.15) is 0 Å². The maximum Gasteiger partial charge on any atom is 0.0804 e. The number of hydrogen-bond donors (Lipinski definition) is 0. The highest BCUT2D eigenvalue weighted by atomic mass is 32.1. The van der Waals surface area contributed by atoms with E-state index in [0.717, 1.165) is 0 Å². The van der Waals surface area contributed by atoms with Crippen molar-refractivity contribution in [2.75, 3.05) is 0 Å². The van der Waals surface area contributed by atoms with E-state index < -0.39 is 0 Å². The van der Waals surface area contributed by atoms with E-state index in [1.165, 1.54) is 84.6 Å². The Labute approximate surface area is 248 Å². The Morgan fingerprint density at radius 3 is 1.19 bits per heavy atom. The Kier molecular flexibility index (Phi) is 4.51. The Morgan fingerprint density at radius 2 is 0.714 bits per heavy atom. The highest BCUT2D eigenvalue weighted by Gasteiger charge is 2.24. The molecule has 0 saturated carbocycles. The molecule has 10 aromatic rings. The summed E-state index contributed by atoms with van der Waals surface area (Å²) in [5.41, 5.74) is 7.46. The monoisotopic (exact) mass is 570 g/mol. The van der Waals surface area contributed by atoms with Gasteiger partial charge in [0.05, 0.1) is 42.8 Å². The van der Waals surface area contributed by atoms with Crippen LogP contribution in [0.25, 0.3) is 84.6 Å². The van der Waals surface area contributed by atoms with Crippen molar-refractivity contribution in [3.63, 3.8) is 0 Å². The van der Waals surface area contributed by atoms with Crippen molar-refractivity contribution in [2.45, 2.75) is 0 Å². The summed E-state index contributed by atoms with van der Waals surface area (Å²) >= 11 is 3.78. The van der Waals surface area contributed by atoms with Crippen molar-refractivity contribution in [3.8, 4) is 11.4 Å². The molecule has 0 spiro atoms. The number of aromatic nitrogens is 2. The molecule has 10 rings (SSSR count). The van der Waals surface area contributed by atoms with Crippen LogP contribution in [0.15, 0.2) is 133 Å². The molecule has 2 nitrogen and oxygen atoms in total. The zero-order valence-corrected chi connectivity index (χ0v) is 24.0. The molecule has 0 amide bonds. The Balaban J connectivity index is 1.42. The van der Waals surface area contributed by atoms with E-state index in [-0.39, 0.29) is 0 Å². The second-order valence-electron chi connectivity index (χ2n) is 10.9. The zero-order valence-electron chi connectivity index (χ0n) is 22.4. The van der Waals surface area contributed by atoms with Crippen LogP contribution in [-0.2, 0) is 0 Å². The molecule has 0 aliphatic carbocycles. The maximum atomic E-state index is 2.52. The average Bonchev–Trinajstić information content (AvgIpc) is 3.78. The molecule has 0 saturated heterocycles. The first-order valence-corrected chi connectivity index (χ1v) is 15.8. The van der Waals surface area contributed by atoms with Gasteiger partial charge in [-0.1, -0.05) is 97.1 Å². The fourth-order valence-corrected chi connectivity index (χ4v) is 9.42. The smallest absolute Gasteiger partial charge is 0.0804 e. The minimum Gasteiger partial charge on any atom is -0.306 e. The third-order valence-corrected chi connectivity index (χ3v) is 11.1. The molecule has 196 valence electrons. The van der Waals surface area contributed by atoms with Gasteiger partial charge in [0.15, 0.2) is 0 Å². The van der Waals surface area contributed by atoms with Crippen LogP contribution < -0.4 is 0 Å². The average molecular weight is 571 g/mol. The largest absolute Gasteiger partial charge is 0.306 e. The SMILES string of the molecule is c1ccc2c(c1)sc1c(-n3c4ccccc4c4c3c3ccccc3n4-c3cccc4c3sc3ccccc34)cccc12. The number of para-hydroxylation sites is 2. The number of benzene rings is 6. The molecule has 0 aliphatic heterocycles. The third kappa shape index (κ3) is 2.88. The molecule has 0 bridgehead atoms. The van der Waals surface area contributed by atoms with Crippen molar-refractivity contribution < 1.29 is 0 Å². The predicted molar refractivity (Wildman–Crippen MR) is 183 cm³/mol. The van der Waals surface area contributed by atoms with Gasteiger partial charge in [0.2, 0.25) is 0 Å². The molecule has 0 radical (unpaired) electrons. The van der Waals surface area contributed by atoms with Crippen LogP contribution in [0, 0.1) is 0 Å². The number of thiophene rings is 2. The number of hydrogen-bond acceptors (Lipinski definition) is 2. The molecule has 0 aliphatic rings. The number of nitrogens with zero attached hydrogens (tertiary/aromatic N) is 2. The van der Waals surface area contributed by atoms with Crippen LogP contribution in [0.2, 0.25) is 0 Å². The Morgan fingerprint density at radius 1 is 0.333 bits per heavy atom. The first-order chi connectivity index (χ1) is 20.9. The molecule has 42 heavy (non-hydrogen) atoms. The van der Waals surface area contributed by atoms with Crippen molar-refractivity contribution in [1.29, 1.82) is 0 Å². The first kappa shape index (κ1) is 22.8. The van der Waals surface area contributed by atoms with Gasteiger partial charge < -0.3 is 9.13 Å². The van der Waals surface area contributed by atoms with Gasteiger partial charge in [-0.25, -0.2) is 0 Å². The summed E-state index contributed by atoms with van der Waals surface area (Å²) < 4.78 is 10.3. The van der Waals surface area contributed by atoms with Gasteiger partial charge in [0.1, 0.15) is 0 Å². The van der Waals surface area contributed by atoms with Gasteiger partial charge >= 0.3 is 0 Å². The van der Waals surface area contributed by atoms with Crippen LogP contribution in [-0.4, -0.2) is 9.13 Å². The van der Waals surface area contributed by atoms with Crippen LogP contribution in [0.4, 0.5) is 0 Å². The normalized spacial score (nSPS) is 12.3. The van der Waals surface area contributed by atoms with E-state index in [1.807, 2.05) is 22.7 Å². The summed E-state index contributed by atoms with van der Waals surface area (Å²) in [5.74, 6) is 0. The van der Waals surface area contributed by atoms with E-state index in [2.05, 4.69) is 143 Å². The van der Waals surface area contributed by atoms with Crippen molar-refractivity contribution in [2.24, 2.45) is 0 Å². The predicted octanol–water partition coefficient (Wildman–Crippen LogP) is 11.5. The van der Waals surface area contributed by atoms with Crippen LogP contribution >= 0.6 is 22.7 Å². The summed E-state index contributed by atoms with van der Waals surface area (Å²) in [6.45, 7) is 0. The number of fused-ring (bicyclic) bond motifs is 11. The summed E-state index contributed by atoms with van der Waals surface area (Å²) in [4.78, 5) is 0. The molecule has 4 heteroatoms. The zero-order chi connectivity index (χ0) is 27.4. The minimum atomic E-state index is 1.23. The van der Waals surface area contributed by atoms with Crippen LogP contribution in [0.3, 0.4) is 0 Å². The standard InChI is InChI=1S/C38H22N2S2/c1-5-17-29-27(13-1)35-36(39(29)31-19-9-15-25-23-11-3-7-21-33(23)41-37(25)31)28-14-2-6-18-30(28)40(35)32-20-10-16-26-24-12-4-8-22-34(24)42-38(26)32/h1-22H. The fourth-order valence-electron chi connectivity index (χ4n) is 7.00. The molecule has 0 atom stereocenters. The maximum absolute atomic E-state index is 2.52. The van der Waals surface area contributed by atoms with E-state index in [4.69, 9.17) is 0 Å². The molecule has 6 aromatic carbocycles. The van der Waals surface area contributed by atoms with E-state index in [9.17, 15) is 0 Å². The Hall–Kier alpha value is -4.90. The first-order valence-electron chi connectivity index (χ1n) is 14.2. The van der Waals surface area contributed by atoms with Gasteiger partial charge in [-0.05, 0) is 36.4 Å². The lowest BCUT2D eigenvalue weighted by Gasteiger charge is -2.10. The van der Waals surface area contributed by atoms with Crippen molar-refractivity contribution in [3.05, 3.63) is 133 Å². The second-order valence-corrected chi connectivity index (χ2v) is 13.0. The highest BCUT2D eigenvalue weighted by molar-refractivity contribution is 7.26. The van der Waals surface area contributed by atoms with Crippen molar-refractivity contribution in [1.82, 2.24) is 9.13 Å². The van der Waals surface area contributed by atoms with Gasteiger partial charge in [-0.3, -0.25) is 0 Å². The summed E-state index contributed by atoms with van der Waals surface area (Å²) in [5, 5.41) is 7.81.